The van der Waals surface area contributed by atoms with Crippen molar-refractivity contribution in [1.29, 1.82) is 0 Å². The molecule has 1 amide bonds. The van der Waals surface area contributed by atoms with Crippen LogP contribution < -0.4 is 5.32 Å². The third-order valence-corrected chi connectivity index (χ3v) is 4.40. The van der Waals surface area contributed by atoms with Crippen molar-refractivity contribution in [3.8, 4) is 0 Å². The third kappa shape index (κ3) is 6.89. The molecule has 0 aliphatic heterocycles. The van der Waals surface area contributed by atoms with Crippen molar-refractivity contribution in [3.05, 3.63) is 58.3 Å². The lowest BCUT2D eigenvalue weighted by Crippen LogP contribution is -2.43. The summed E-state index contributed by atoms with van der Waals surface area (Å²) in [5.74, 6) is -1.04. The lowest BCUT2D eigenvalue weighted by atomic mass is 10.0. The number of esters is 1. The number of carbonyl (C=O) groups excluding carboxylic acids is 3. The van der Waals surface area contributed by atoms with Gasteiger partial charge in [-0.1, -0.05) is 30.3 Å². The number of Topliss-reactive ketones (excluding diaryl/α,β-unsaturated/α-hetero) is 1. The van der Waals surface area contributed by atoms with Gasteiger partial charge in [-0.05, 0) is 47.7 Å². The largest absolute Gasteiger partial charge is 0.456 e. The first-order valence-corrected chi connectivity index (χ1v) is 8.99. The molecule has 0 aliphatic carbocycles. The second-order valence-electron chi connectivity index (χ2n) is 5.71. The highest BCUT2D eigenvalue weighted by atomic mass is 32.1. The summed E-state index contributed by atoms with van der Waals surface area (Å²) in [6, 6.07) is 10.8. The molecule has 0 fully saturated rings. The fourth-order valence-electron chi connectivity index (χ4n) is 2.28. The minimum absolute atomic E-state index is 0.138. The number of hydrogen-bond acceptors (Lipinski definition) is 5. The Morgan fingerprint density at radius 1 is 1.12 bits per heavy atom. The van der Waals surface area contributed by atoms with Gasteiger partial charge in [-0.2, -0.15) is 11.3 Å². The van der Waals surface area contributed by atoms with E-state index in [-0.39, 0.29) is 18.8 Å². The summed E-state index contributed by atoms with van der Waals surface area (Å²) in [5.41, 5.74) is 2.03. The first-order valence-electron chi connectivity index (χ1n) is 8.05. The average molecular weight is 359 g/mol. The van der Waals surface area contributed by atoms with E-state index in [1.807, 2.05) is 47.2 Å². The van der Waals surface area contributed by atoms with Gasteiger partial charge in [-0.3, -0.25) is 14.4 Å². The summed E-state index contributed by atoms with van der Waals surface area (Å²) >= 11 is 1.57. The lowest BCUT2D eigenvalue weighted by molar-refractivity contribution is -0.148. The fraction of sp³-hybridized carbons (Fsp3) is 0.316. The molecule has 1 aromatic heterocycles. The monoisotopic (exact) mass is 359 g/mol. The molecule has 1 heterocycles. The normalized spacial score (nSPS) is 11.6. The number of aryl methyl sites for hydroxylation is 1. The summed E-state index contributed by atoms with van der Waals surface area (Å²) in [5, 5.41) is 6.55. The summed E-state index contributed by atoms with van der Waals surface area (Å²) in [6.07, 6.45) is 1.23. The minimum atomic E-state index is -0.626. The van der Waals surface area contributed by atoms with Crippen LogP contribution in [0, 0.1) is 0 Å². The number of ketones is 1. The molecule has 6 heteroatoms. The van der Waals surface area contributed by atoms with Gasteiger partial charge in [0.25, 0.3) is 5.91 Å². The summed E-state index contributed by atoms with van der Waals surface area (Å²) in [6.45, 7) is 1.06. The van der Waals surface area contributed by atoms with Crippen LogP contribution in [-0.2, 0) is 32.0 Å². The van der Waals surface area contributed by atoms with Crippen LogP contribution in [0.3, 0.4) is 0 Å². The van der Waals surface area contributed by atoms with Crippen LogP contribution >= 0.6 is 11.3 Å². The van der Waals surface area contributed by atoms with Gasteiger partial charge < -0.3 is 10.1 Å². The van der Waals surface area contributed by atoms with Crippen molar-refractivity contribution in [2.45, 2.75) is 32.2 Å². The summed E-state index contributed by atoms with van der Waals surface area (Å²) < 4.78 is 4.97. The van der Waals surface area contributed by atoms with Gasteiger partial charge in [0.2, 0.25) is 0 Å². The molecule has 0 bridgehead atoms. The number of hydrogen-bond donors (Lipinski definition) is 1. The minimum Gasteiger partial charge on any atom is -0.456 e. The number of amides is 1. The molecule has 2 aromatic rings. The van der Waals surface area contributed by atoms with E-state index >= 15 is 0 Å². The maximum absolute atomic E-state index is 11.9. The molecule has 0 saturated heterocycles. The van der Waals surface area contributed by atoms with Crippen molar-refractivity contribution < 1.29 is 19.1 Å². The molecular formula is C19H21NO4S. The van der Waals surface area contributed by atoms with E-state index < -0.39 is 17.9 Å². The van der Waals surface area contributed by atoms with Gasteiger partial charge in [0.05, 0.1) is 6.04 Å². The van der Waals surface area contributed by atoms with Crippen molar-refractivity contribution in [3.63, 3.8) is 0 Å². The summed E-state index contributed by atoms with van der Waals surface area (Å²) in [7, 11) is 0. The third-order valence-electron chi connectivity index (χ3n) is 3.67. The Morgan fingerprint density at radius 3 is 2.52 bits per heavy atom. The highest BCUT2D eigenvalue weighted by molar-refractivity contribution is 7.07. The van der Waals surface area contributed by atoms with Crippen molar-refractivity contribution in [2.24, 2.45) is 0 Å². The Hall–Kier alpha value is -2.47. The first-order chi connectivity index (χ1) is 12.0. The Morgan fingerprint density at radius 2 is 1.88 bits per heavy atom. The van der Waals surface area contributed by atoms with Crippen LogP contribution in [0.1, 0.15) is 24.5 Å². The van der Waals surface area contributed by atoms with Crippen LogP contribution in [0.2, 0.25) is 0 Å². The predicted molar refractivity (Wildman–Crippen MR) is 96.4 cm³/mol. The Labute approximate surface area is 151 Å². The Bertz CT molecular complexity index is 697. The second kappa shape index (κ2) is 9.74. The van der Waals surface area contributed by atoms with E-state index in [4.69, 9.17) is 4.74 Å². The van der Waals surface area contributed by atoms with E-state index in [1.54, 1.807) is 11.3 Å². The number of thiophene rings is 1. The zero-order valence-corrected chi connectivity index (χ0v) is 14.9. The highest BCUT2D eigenvalue weighted by Gasteiger charge is 2.18. The quantitative estimate of drug-likeness (QED) is 0.699. The molecule has 1 N–H and O–H groups in total. The van der Waals surface area contributed by atoms with E-state index in [0.29, 0.717) is 12.8 Å². The van der Waals surface area contributed by atoms with Crippen molar-refractivity contribution >= 4 is 29.0 Å². The molecule has 1 aromatic carbocycles. The maximum atomic E-state index is 11.9. The number of carbonyl (C=O) groups is 3. The maximum Gasteiger partial charge on any atom is 0.306 e. The van der Waals surface area contributed by atoms with Crippen LogP contribution in [0.15, 0.2) is 47.2 Å². The molecule has 5 nitrogen and oxygen atoms in total. The molecule has 0 radical (unpaired) electrons. The molecule has 25 heavy (non-hydrogen) atoms. The van der Waals surface area contributed by atoms with Gasteiger partial charge >= 0.3 is 5.97 Å². The van der Waals surface area contributed by atoms with Crippen molar-refractivity contribution in [2.75, 3.05) is 6.61 Å². The number of nitrogens with one attached hydrogen (secondary N) is 1. The van der Waals surface area contributed by atoms with E-state index in [1.165, 1.54) is 6.92 Å². The van der Waals surface area contributed by atoms with E-state index in [0.717, 1.165) is 11.1 Å². The second-order valence-corrected chi connectivity index (χ2v) is 6.49. The first kappa shape index (κ1) is 18.9. The molecule has 0 saturated carbocycles. The fourth-order valence-corrected chi connectivity index (χ4v) is 2.98. The zero-order chi connectivity index (χ0) is 18.1. The molecule has 0 unspecified atom stereocenters. The smallest absolute Gasteiger partial charge is 0.306 e. The average Bonchev–Trinajstić information content (AvgIpc) is 3.12. The number of benzene rings is 1. The Balaban J connectivity index is 1.74. The zero-order valence-electron chi connectivity index (χ0n) is 14.1. The highest BCUT2D eigenvalue weighted by Crippen LogP contribution is 2.09. The SMILES string of the molecule is CC(=O)[C@@H](Cc1ccccc1)NC(=O)COC(=O)CCc1ccsc1. The van der Waals surface area contributed by atoms with Crippen molar-refractivity contribution in [1.82, 2.24) is 5.32 Å². The van der Waals surface area contributed by atoms with Gasteiger partial charge in [0, 0.05) is 6.42 Å². The molecule has 2 rings (SSSR count). The standard InChI is InChI=1S/C19H21NO4S/c1-14(21)17(11-15-5-3-2-4-6-15)20-18(22)12-24-19(23)8-7-16-9-10-25-13-16/h2-6,9-10,13,17H,7-8,11-12H2,1H3,(H,20,22)/t17-/m1/s1. The number of rotatable bonds is 9. The molecule has 132 valence electrons. The van der Waals surface area contributed by atoms with Crippen LogP contribution in [0.25, 0.3) is 0 Å². The lowest BCUT2D eigenvalue weighted by Gasteiger charge is -2.16. The molecule has 1 atom stereocenters. The molecular weight excluding hydrogens is 338 g/mol. The predicted octanol–water partition coefficient (Wildman–Crippen LogP) is 2.54. The van der Waals surface area contributed by atoms with Crippen LogP contribution in [0.4, 0.5) is 0 Å². The van der Waals surface area contributed by atoms with E-state index in [2.05, 4.69) is 5.32 Å². The van der Waals surface area contributed by atoms with Gasteiger partial charge in [0.1, 0.15) is 0 Å². The van der Waals surface area contributed by atoms with Crippen LogP contribution in [-0.4, -0.2) is 30.3 Å². The summed E-state index contributed by atoms with van der Waals surface area (Å²) in [4.78, 5) is 35.4. The van der Waals surface area contributed by atoms with Gasteiger partial charge in [-0.25, -0.2) is 0 Å². The van der Waals surface area contributed by atoms with Gasteiger partial charge in [0.15, 0.2) is 12.4 Å². The molecule has 0 spiro atoms. The van der Waals surface area contributed by atoms with Crippen LogP contribution in [0.5, 0.6) is 0 Å². The molecule has 0 aliphatic rings. The van der Waals surface area contributed by atoms with Gasteiger partial charge in [-0.15, -0.1) is 0 Å². The van der Waals surface area contributed by atoms with E-state index in [9.17, 15) is 14.4 Å². The number of ether oxygens (including phenoxy) is 1. The Kier molecular flexibility index (Phi) is 7.35. The topological polar surface area (TPSA) is 72.5 Å².